The minimum absolute atomic E-state index is 0.212. The Balaban J connectivity index is 3.20. The third-order valence-electron chi connectivity index (χ3n) is 0.904. The molecule has 5 heteroatoms. The minimum Gasteiger partial charge on any atom is -0.379 e. The maximum absolute atomic E-state index is 10.3. The molecule has 0 fully saturated rings. The summed E-state index contributed by atoms with van der Waals surface area (Å²) >= 11 is 0. The summed E-state index contributed by atoms with van der Waals surface area (Å²) in [6.45, 7) is 1.09. The van der Waals surface area contributed by atoms with Crippen LogP contribution in [0.5, 0.6) is 0 Å². The zero-order chi connectivity index (χ0) is 7.98. The van der Waals surface area contributed by atoms with Gasteiger partial charge in [-0.2, -0.15) is 0 Å². The van der Waals surface area contributed by atoms with Gasteiger partial charge in [0.1, 0.15) is 0 Å². The van der Waals surface area contributed by atoms with Gasteiger partial charge in [-0.25, -0.2) is 5.21 Å². The van der Waals surface area contributed by atoms with E-state index in [9.17, 15) is 5.21 Å². The number of rotatable bonds is 4. The maximum Gasteiger partial charge on any atom is 0.168 e. The lowest BCUT2D eigenvalue weighted by Crippen LogP contribution is -2.19. The van der Waals surface area contributed by atoms with Gasteiger partial charge < -0.3 is 9.74 Å². The van der Waals surface area contributed by atoms with Crippen molar-refractivity contribution in [1.29, 1.82) is 0 Å². The van der Waals surface area contributed by atoms with E-state index in [0.29, 0.717) is 13.2 Å². The molecule has 0 atom stereocenters. The van der Waals surface area contributed by atoms with Crippen molar-refractivity contribution in [2.75, 3.05) is 34.3 Å². The summed E-state index contributed by atoms with van der Waals surface area (Å²) in [7, 11) is 5.19. The molecule has 0 saturated heterocycles. The van der Waals surface area contributed by atoms with Gasteiger partial charge in [0.2, 0.25) is 0 Å². The number of hydrogen-bond acceptors (Lipinski definition) is 4. The van der Waals surface area contributed by atoms with Crippen LogP contribution in [0.1, 0.15) is 0 Å². The van der Waals surface area contributed by atoms with Crippen LogP contribution in [-0.4, -0.2) is 44.2 Å². The fourth-order valence-corrected chi connectivity index (χ4v) is 0.359. The second kappa shape index (κ2) is 4.99. The summed E-state index contributed by atoms with van der Waals surface area (Å²) in [4.78, 5) is 6.49. The Hall–Kier alpha value is -0.840. The number of hydrogen-bond donors (Lipinski definition) is 0. The third kappa shape index (κ3) is 5.30. The maximum atomic E-state index is 10.3. The van der Waals surface area contributed by atoms with Crippen LogP contribution in [0.15, 0.2) is 5.11 Å². The second-order valence-corrected chi connectivity index (χ2v) is 2.07. The van der Waals surface area contributed by atoms with E-state index < -0.39 is 0 Å². The normalized spacial score (nSPS) is 12.2. The molecular formula is C5H13N3O2. The fourth-order valence-electron chi connectivity index (χ4n) is 0.359. The van der Waals surface area contributed by atoms with Crippen molar-refractivity contribution >= 4 is 0 Å². The average molecular weight is 147 g/mol. The molecule has 0 aromatic rings. The van der Waals surface area contributed by atoms with E-state index in [0.717, 1.165) is 0 Å². The summed E-state index contributed by atoms with van der Waals surface area (Å²) in [5.74, 6) is 0. The molecule has 0 rings (SSSR count). The first-order valence-electron chi connectivity index (χ1n) is 3.01. The molecule has 10 heavy (non-hydrogen) atoms. The zero-order valence-corrected chi connectivity index (χ0v) is 6.57. The minimum atomic E-state index is 0.212. The van der Waals surface area contributed by atoms with Crippen molar-refractivity contribution in [3.8, 4) is 0 Å². The Morgan fingerprint density at radius 2 is 2.20 bits per heavy atom. The van der Waals surface area contributed by atoms with Crippen LogP contribution >= 0.6 is 0 Å². The standard InChI is InChI=1S/C5H13N3O2/c1-6-8(9)10-5-4-7(2)3/h4-5H2,1-3H3. The lowest BCUT2D eigenvalue weighted by molar-refractivity contribution is -0.789. The first-order valence-corrected chi connectivity index (χ1v) is 3.01. The molecule has 0 N–H and O–H groups in total. The topological polar surface area (TPSA) is 50.9 Å². The summed E-state index contributed by atoms with van der Waals surface area (Å²) in [5, 5.41) is 13.7. The van der Waals surface area contributed by atoms with Crippen LogP contribution in [0.2, 0.25) is 0 Å². The molecule has 0 saturated carbocycles. The quantitative estimate of drug-likeness (QED) is 0.417. The predicted octanol–water partition coefficient (Wildman–Crippen LogP) is 0.0719. The van der Waals surface area contributed by atoms with Crippen molar-refractivity contribution in [2.24, 2.45) is 5.11 Å². The van der Waals surface area contributed by atoms with Crippen LogP contribution in [0.3, 0.4) is 0 Å². The molecule has 60 valence electrons. The molecule has 0 amide bonds. The van der Waals surface area contributed by atoms with Gasteiger partial charge in [0, 0.05) is 11.7 Å². The van der Waals surface area contributed by atoms with Gasteiger partial charge in [0.05, 0.1) is 13.7 Å². The van der Waals surface area contributed by atoms with Crippen LogP contribution in [0.25, 0.3) is 0 Å². The van der Waals surface area contributed by atoms with Crippen molar-refractivity contribution in [3.05, 3.63) is 5.21 Å². The van der Waals surface area contributed by atoms with Crippen molar-refractivity contribution in [2.45, 2.75) is 0 Å². The Kier molecular flexibility index (Phi) is 4.57. The molecule has 0 aromatic heterocycles. The third-order valence-corrected chi connectivity index (χ3v) is 0.904. The van der Waals surface area contributed by atoms with Gasteiger partial charge in [0.15, 0.2) is 5.02 Å². The van der Waals surface area contributed by atoms with E-state index in [1.54, 1.807) is 0 Å². The van der Waals surface area contributed by atoms with Gasteiger partial charge in [-0.15, -0.1) is 0 Å². The molecule has 0 unspecified atom stereocenters. The van der Waals surface area contributed by atoms with E-state index in [-0.39, 0.29) is 5.02 Å². The van der Waals surface area contributed by atoms with E-state index in [2.05, 4.69) is 9.95 Å². The molecule has 0 aromatic carbocycles. The smallest absolute Gasteiger partial charge is 0.168 e. The van der Waals surface area contributed by atoms with E-state index >= 15 is 0 Å². The average Bonchev–Trinajstić information content (AvgIpc) is 1.87. The molecule has 5 nitrogen and oxygen atoms in total. The highest BCUT2D eigenvalue weighted by molar-refractivity contribution is 4.35. The Morgan fingerprint density at radius 1 is 1.60 bits per heavy atom. The van der Waals surface area contributed by atoms with Crippen molar-refractivity contribution in [3.63, 3.8) is 0 Å². The number of nitrogens with zero attached hydrogens (tertiary/aromatic N) is 3. The van der Waals surface area contributed by atoms with Gasteiger partial charge in [-0.1, -0.05) is 0 Å². The van der Waals surface area contributed by atoms with Crippen LogP contribution < -0.4 is 0 Å². The van der Waals surface area contributed by atoms with Crippen molar-refractivity contribution in [1.82, 2.24) is 4.90 Å². The molecule has 0 aliphatic carbocycles. The van der Waals surface area contributed by atoms with Gasteiger partial charge in [-0.05, 0) is 14.1 Å². The van der Waals surface area contributed by atoms with Crippen molar-refractivity contribution < 1.29 is 9.86 Å². The number of likely N-dealkylation sites (N-methyl/N-ethyl adjacent to an activating group) is 1. The molecule has 0 heterocycles. The summed E-state index contributed by atoms with van der Waals surface area (Å²) < 4.78 is 0. The van der Waals surface area contributed by atoms with Gasteiger partial charge >= 0.3 is 0 Å². The van der Waals surface area contributed by atoms with E-state index in [1.165, 1.54) is 7.05 Å². The lowest BCUT2D eigenvalue weighted by atomic mass is 10.6. The largest absolute Gasteiger partial charge is 0.379 e. The molecule has 0 spiro atoms. The van der Waals surface area contributed by atoms with Crippen LogP contribution in [0, 0.1) is 5.21 Å². The van der Waals surface area contributed by atoms with E-state index in [4.69, 9.17) is 0 Å². The predicted molar refractivity (Wildman–Crippen MR) is 36.5 cm³/mol. The molecule has 0 aliphatic rings. The Morgan fingerprint density at radius 3 is 2.60 bits per heavy atom. The first kappa shape index (κ1) is 9.16. The molecule has 0 aliphatic heterocycles. The fraction of sp³-hybridized carbons (Fsp3) is 1.00. The zero-order valence-electron chi connectivity index (χ0n) is 6.57. The molecule has 0 radical (unpaired) electrons. The SMILES string of the molecule is CN=[N+]([O-])OCCN(C)C. The lowest BCUT2D eigenvalue weighted by Gasteiger charge is -2.08. The highest BCUT2D eigenvalue weighted by atomic mass is 16.9. The summed E-state index contributed by atoms with van der Waals surface area (Å²) in [6.07, 6.45) is 0. The summed E-state index contributed by atoms with van der Waals surface area (Å²) in [5.41, 5.74) is 0. The van der Waals surface area contributed by atoms with Gasteiger partial charge in [0.25, 0.3) is 0 Å². The van der Waals surface area contributed by atoms with Crippen LogP contribution in [-0.2, 0) is 4.84 Å². The second-order valence-electron chi connectivity index (χ2n) is 2.07. The molecule has 0 bridgehead atoms. The summed E-state index contributed by atoms with van der Waals surface area (Å²) in [6, 6.07) is 0. The molecular weight excluding hydrogens is 134 g/mol. The first-order chi connectivity index (χ1) is 4.66. The van der Waals surface area contributed by atoms with Crippen LogP contribution in [0.4, 0.5) is 0 Å². The highest BCUT2D eigenvalue weighted by Crippen LogP contribution is 1.79. The Bertz CT molecular complexity index is 113. The monoisotopic (exact) mass is 147 g/mol. The highest BCUT2D eigenvalue weighted by Gasteiger charge is 1.91. The van der Waals surface area contributed by atoms with E-state index in [1.807, 2.05) is 19.0 Å². The Labute approximate surface area is 60.4 Å². The van der Waals surface area contributed by atoms with Gasteiger partial charge in [-0.3, -0.25) is 0 Å².